The summed E-state index contributed by atoms with van der Waals surface area (Å²) in [5.74, 6) is 0.751. The van der Waals surface area contributed by atoms with Gasteiger partial charge in [-0.25, -0.2) is 9.37 Å². The molecule has 1 aromatic heterocycles. The SMILES string of the molecule is Cc1ccccc1[C@@H]1C[C@@H](N(C)C)c2cc(F)c(COc3cc4c(cn3)[C@H]3[C@@H](C4)[C@@H]3C(=O)OC(C)(C)C)cc21. The molecule has 5 nitrogen and oxygen atoms in total. The van der Waals surface area contributed by atoms with Crippen molar-refractivity contribution in [3.63, 3.8) is 0 Å². The summed E-state index contributed by atoms with van der Waals surface area (Å²) < 4.78 is 27.0. The van der Waals surface area contributed by atoms with E-state index in [1.807, 2.05) is 39.1 Å². The van der Waals surface area contributed by atoms with Crippen molar-refractivity contribution in [1.82, 2.24) is 9.88 Å². The number of rotatable bonds is 6. The minimum absolute atomic E-state index is 0.0713. The van der Waals surface area contributed by atoms with Crippen LogP contribution in [0.25, 0.3) is 0 Å². The largest absolute Gasteiger partial charge is 0.473 e. The molecule has 0 spiro atoms. The number of pyridine rings is 1. The molecule has 0 aliphatic heterocycles. The normalized spacial score (nSPS) is 24.8. The third-order valence-corrected chi connectivity index (χ3v) is 8.67. The molecule has 0 amide bonds. The van der Waals surface area contributed by atoms with Gasteiger partial charge in [-0.05, 0) is 106 Å². The summed E-state index contributed by atoms with van der Waals surface area (Å²) in [6, 6.07) is 14.3. The van der Waals surface area contributed by atoms with Crippen molar-refractivity contribution in [3.05, 3.63) is 93.4 Å². The molecule has 0 saturated heterocycles. The van der Waals surface area contributed by atoms with Gasteiger partial charge in [-0.1, -0.05) is 24.3 Å². The molecule has 3 aromatic rings. The van der Waals surface area contributed by atoms with Crippen molar-refractivity contribution >= 4 is 5.97 Å². The van der Waals surface area contributed by atoms with Crippen molar-refractivity contribution in [2.24, 2.45) is 11.8 Å². The quantitative estimate of drug-likeness (QED) is 0.343. The average Bonchev–Trinajstić information content (AvgIpc) is 3.26. The minimum Gasteiger partial charge on any atom is -0.473 e. The van der Waals surface area contributed by atoms with Crippen LogP contribution in [-0.2, 0) is 22.6 Å². The molecule has 0 bridgehead atoms. The molecular weight excluding hydrogens is 491 g/mol. The van der Waals surface area contributed by atoms with E-state index in [2.05, 4.69) is 55.2 Å². The number of ether oxygens (including phenoxy) is 2. The average molecular weight is 529 g/mol. The number of nitrogens with zero attached hydrogens (tertiary/aromatic N) is 2. The van der Waals surface area contributed by atoms with Gasteiger partial charge in [0.25, 0.3) is 0 Å². The topological polar surface area (TPSA) is 51.7 Å². The number of hydrogen-bond acceptors (Lipinski definition) is 5. The summed E-state index contributed by atoms with van der Waals surface area (Å²) in [6.45, 7) is 7.95. The number of hydrogen-bond donors (Lipinski definition) is 0. The second-order valence-electron chi connectivity index (χ2n) is 12.7. The van der Waals surface area contributed by atoms with Gasteiger partial charge in [0, 0.05) is 35.7 Å². The molecular formula is C33H37FN2O3. The zero-order valence-corrected chi connectivity index (χ0v) is 23.6. The van der Waals surface area contributed by atoms with Crippen molar-refractivity contribution in [3.8, 4) is 5.88 Å². The van der Waals surface area contributed by atoms with E-state index in [1.54, 1.807) is 6.07 Å². The maximum absolute atomic E-state index is 15.3. The van der Waals surface area contributed by atoms with Crippen molar-refractivity contribution in [2.75, 3.05) is 14.1 Å². The Hall–Kier alpha value is -3.25. The number of esters is 1. The molecule has 2 aromatic carbocycles. The first-order chi connectivity index (χ1) is 18.5. The Morgan fingerprint density at radius 1 is 1.08 bits per heavy atom. The first kappa shape index (κ1) is 26.0. The molecule has 3 aliphatic rings. The van der Waals surface area contributed by atoms with Crippen molar-refractivity contribution in [1.29, 1.82) is 0 Å². The third kappa shape index (κ3) is 4.73. The highest BCUT2D eigenvalue weighted by Gasteiger charge is 2.61. The lowest BCUT2D eigenvalue weighted by atomic mass is 9.89. The Labute approximate surface area is 230 Å². The monoisotopic (exact) mass is 528 g/mol. The summed E-state index contributed by atoms with van der Waals surface area (Å²) >= 11 is 0. The predicted molar refractivity (Wildman–Crippen MR) is 148 cm³/mol. The van der Waals surface area contributed by atoms with Gasteiger partial charge in [0.05, 0.1) is 5.92 Å². The van der Waals surface area contributed by atoms with Crippen LogP contribution >= 0.6 is 0 Å². The van der Waals surface area contributed by atoms with Gasteiger partial charge in [-0.15, -0.1) is 0 Å². The van der Waals surface area contributed by atoms with Crippen LogP contribution in [0.1, 0.15) is 84.0 Å². The van der Waals surface area contributed by atoms with Crippen molar-refractivity contribution in [2.45, 2.75) is 70.6 Å². The smallest absolute Gasteiger partial charge is 0.310 e. The summed E-state index contributed by atoms with van der Waals surface area (Å²) in [4.78, 5) is 19.3. The molecule has 0 unspecified atom stereocenters. The molecule has 0 N–H and O–H groups in total. The Kier molecular flexibility index (Phi) is 6.29. The molecule has 1 heterocycles. The van der Waals surface area contributed by atoms with E-state index < -0.39 is 5.60 Å². The predicted octanol–water partition coefficient (Wildman–Crippen LogP) is 6.47. The van der Waals surface area contributed by atoms with Gasteiger partial charge < -0.3 is 14.4 Å². The molecule has 6 rings (SSSR count). The van der Waals surface area contributed by atoms with E-state index in [0.29, 0.717) is 11.4 Å². The van der Waals surface area contributed by atoms with Gasteiger partial charge >= 0.3 is 5.97 Å². The number of benzene rings is 2. The highest BCUT2D eigenvalue weighted by molar-refractivity contribution is 5.80. The number of aryl methyl sites for hydroxylation is 1. The molecule has 5 atom stereocenters. The molecule has 0 radical (unpaired) electrons. The zero-order valence-electron chi connectivity index (χ0n) is 23.6. The first-order valence-electron chi connectivity index (χ1n) is 13.9. The number of aromatic nitrogens is 1. The van der Waals surface area contributed by atoms with Gasteiger partial charge in [-0.2, -0.15) is 0 Å². The summed E-state index contributed by atoms with van der Waals surface area (Å²) in [6.07, 6.45) is 3.57. The van der Waals surface area contributed by atoms with E-state index in [4.69, 9.17) is 9.47 Å². The van der Waals surface area contributed by atoms with Crippen molar-refractivity contribution < 1.29 is 18.7 Å². The second-order valence-corrected chi connectivity index (χ2v) is 12.7. The Balaban J connectivity index is 1.19. The maximum Gasteiger partial charge on any atom is 0.310 e. The first-order valence-corrected chi connectivity index (χ1v) is 13.9. The third-order valence-electron chi connectivity index (χ3n) is 8.67. The van der Waals surface area contributed by atoms with Crippen LogP contribution in [0.4, 0.5) is 4.39 Å². The fourth-order valence-corrected chi connectivity index (χ4v) is 6.78. The Morgan fingerprint density at radius 2 is 1.85 bits per heavy atom. The molecule has 1 saturated carbocycles. The molecule has 6 heteroatoms. The van der Waals surface area contributed by atoms with Crippen LogP contribution in [0.15, 0.2) is 48.7 Å². The van der Waals surface area contributed by atoms with Crippen LogP contribution in [0, 0.1) is 24.6 Å². The highest BCUT2D eigenvalue weighted by atomic mass is 19.1. The fraction of sp³-hybridized carbons (Fsp3) is 0.455. The van der Waals surface area contributed by atoms with Crippen LogP contribution in [0.5, 0.6) is 5.88 Å². The summed E-state index contributed by atoms with van der Waals surface area (Å²) in [7, 11) is 4.12. The maximum atomic E-state index is 15.3. The Bertz CT molecular complexity index is 1440. The molecule has 1 fully saturated rings. The lowest BCUT2D eigenvalue weighted by Crippen LogP contribution is -2.26. The van der Waals surface area contributed by atoms with Gasteiger partial charge in [0.2, 0.25) is 5.88 Å². The van der Waals surface area contributed by atoms with Crippen LogP contribution in [0.3, 0.4) is 0 Å². The van der Waals surface area contributed by atoms with E-state index in [1.165, 1.54) is 16.7 Å². The zero-order chi connectivity index (χ0) is 27.6. The fourth-order valence-electron chi connectivity index (χ4n) is 6.78. The summed E-state index contributed by atoms with van der Waals surface area (Å²) in [5, 5.41) is 0. The molecule has 39 heavy (non-hydrogen) atoms. The van der Waals surface area contributed by atoms with Gasteiger partial charge in [0.15, 0.2) is 0 Å². The lowest BCUT2D eigenvalue weighted by molar-refractivity contribution is -0.157. The summed E-state index contributed by atoms with van der Waals surface area (Å²) in [5.41, 5.74) is 7.13. The van der Waals surface area contributed by atoms with Crippen LogP contribution in [0.2, 0.25) is 0 Å². The number of carbonyl (C=O) groups excluding carboxylic acids is 1. The van der Waals surface area contributed by atoms with Crippen LogP contribution in [-0.4, -0.2) is 35.5 Å². The van der Waals surface area contributed by atoms with Gasteiger partial charge in [-0.3, -0.25) is 4.79 Å². The highest BCUT2D eigenvalue weighted by Crippen LogP contribution is 2.62. The van der Waals surface area contributed by atoms with Crippen LogP contribution < -0.4 is 4.74 Å². The second kappa shape index (κ2) is 9.44. The van der Waals surface area contributed by atoms with E-state index in [0.717, 1.165) is 29.5 Å². The Morgan fingerprint density at radius 3 is 2.56 bits per heavy atom. The van der Waals surface area contributed by atoms with E-state index in [-0.39, 0.29) is 48.1 Å². The van der Waals surface area contributed by atoms with E-state index >= 15 is 4.39 Å². The standard InChI is InChI=1S/C33H37FN2O3/c1-18-9-7-8-10-21(18)23-15-28(36(5)6)24-14-27(34)20(12-22(23)24)17-38-29-13-19-11-25-30(26(19)16-35-29)31(25)32(37)39-33(2,3)4/h7-10,12-14,16,23,25,28,30-31H,11,15,17H2,1-6H3/t23-,25+,28+,30+,31-/m0/s1. The minimum atomic E-state index is -0.479. The van der Waals surface area contributed by atoms with Gasteiger partial charge in [0.1, 0.15) is 18.0 Å². The number of halogens is 1. The number of carbonyl (C=O) groups is 1. The lowest BCUT2D eigenvalue weighted by Gasteiger charge is -2.21. The van der Waals surface area contributed by atoms with E-state index in [9.17, 15) is 4.79 Å². The number of fused-ring (bicyclic) bond motifs is 4. The molecule has 204 valence electrons. The molecule has 3 aliphatic carbocycles.